The molecule has 7 heteroatoms. The molecule has 0 radical (unpaired) electrons. The number of nitrogens with zero attached hydrogens (tertiary/aromatic N) is 3. The Kier molecular flexibility index (Phi) is 3.43. The number of rotatable bonds is 4. The zero-order valence-electron chi connectivity index (χ0n) is 10.7. The largest absolute Gasteiger partial charge is 0.366 e. The second kappa shape index (κ2) is 5.24. The fourth-order valence-corrected chi connectivity index (χ4v) is 2.48. The van der Waals surface area contributed by atoms with E-state index in [1.54, 1.807) is 0 Å². The number of H-pyrrole nitrogens is 1. The van der Waals surface area contributed by atoms with E-state index in [9.17, 15) is 4.79 Å². The van der Waals surface area contributed by atoms with Gasteiger partial charge in [0, 0.05) is 17.1 Å². The van der Waals surface area contributed by atoms with Gasteiger partial charge in [-0.2, -0.15) is 4.98 Å². The molecule has 0 unspecified atom stereocenters. The number of carbonyl (C=O) groups excluding carboxylic acids is 1. The summed E-state index contributed by atoms with van der Waals surface area (Å²) < 4.78 is 0.996. The molecule has 20 heavy (non-hydrogen) atoms. The van der Waals surface area contributed by atoms with Gasteiger partial charge in [-0.05, 0) is 24.5 Å². The van der Waals surface area contributed by atoms with Crippen molar-refractivity contribution < 1.29 is 4.79 Å². The number of halogens is 1. The number of aromatic amines is 1. The molecule has 0 atom stereocenters. The SMILES string of the molecule is Nc1n[nH]c(C(=O)N(Cc2ccccc2Br)C2CC2)n1. The van der Waals surface area contributed by atoms with Gasteiger partial charge in [-0.3, -0.25) is 9.89 Å². The van der Waals surface area contributed by atoms with E-state index in [0.29, 0.717) is 6.54 Å². The molecule has 104 valence electrons. The molecule has 1 amide bonds. The maximum atomic E-state index is 12.5. The molecule has 0 spiro atoms. The lowest BCUT2D eigenvalue weighted by molar-refractivity contribution is 0.0717. The molecule has 1 aliphatic rings. The third kappa shape index (κ3) is 2.67. The maximum absolute atomic E-state index is 12.5. The van der Waals surface area contributed by atoms with E-state index in [-0.39, 0.29) is 23.7 Å². The van der Waals surface area contributed by atoms with Crippen LogP contribution < -0.4 is 5.73 Å². The van der Waals surface area contributed by atoms with Crippen molar-refractivity contribution in [1.29, 1.82) is 0 Å². The molecule has 0 saturated heterocycles. The quantitative estimate of drug-likeness (QED) is 0.893. The Balaban J connectivity index is 1.83. The van der Waals surface area contributed by atoms with E-state index in [1.165, 1.54) is 0 Å². The van der Waals surface area contributed by atoms with Crippen molar-refractivity contribution in [1.82, 2.24) is 20.1 Å². The fourth-order valence-electron chi connectivity index (χ4n) is 2.07. The van der Waals surface area contributed by atoms with Crippen LogP contribution in [0.5, 0.6) is 0 Å². The summed E-state index contributed by atoms with van der Waals surface area (Å²) in [5.74, 6) is 0.124. The molecular weight excluding hydrogens is 322 g/mol. The van der Waals surface area contributed by atoms with E-state index in [1.807, 2.05) is 29.2 Å². The van der Waals surface area contributed by atoms with Crippen molar-refractivity contribution in [2.24, 2.45) is 0 Å². The number of hydrogen-bond donors (Lipinski definition) is 2. The summed E-state index contributed by atoms with van der Waals surface area (Å²) in [6.45, 7) is 0.547. The highest BCUT2D eigenvalue weighted by molar-refractivity contribution is 9.10. The second-order valence-electron chi connectivity index (χ2n) is 4.80. The van der Waals surface area contributed by atoms with Gasteiger partial charge < -0.3 is 10.6 Å². The van der Waals surface area contributed by atoms with Gasteiger partial charge in [0.1, 0.15) is 0 Å². The number of benzene rings is 1. The van der Waals surface area contributed by atoms with Gasteiger partial charge >= 0.3 is 0 Å². The Bertz CT molecular complexity index is 637. The van der Waals surface area contributed by atoms with Crippen LogP contribution in [0.1, 0.15) is 29.0 Å². The van der Waals surface area contributed by atoms with E-state index >= 15 is 0 Å². The first kappa shape index (κ1) is 13.1. The number of nitrogens with two attached hydrogens (primary N) is 1. The van der Waals surface area contributed by atoms with Crippen LogP contribution in [0.15, 0.2) is 28.7 Å². The molecule has 3 N–H and O–H groups in total. The Hall–Kier alpha value is -1.89. The third-order valence-corrected chi connectivity index (χ3v) is 4.03. The lowest BCUT2D eigenvalue weighted by Crippen LogP contribution is -2.33. The van der Waals surface area contributed by atoms with Crippen molar-refractivity contribution in [3.8, 4) is 0 Å². The molecule has 1 heterocycles. The third-order valence-electron chi connectivity index (χ3n) is 3.25. The first-order valence-corrected chi connectivity index (χ1v) is 7.16. The predicted molar refractivity (Wildman–Crippen MR) is 77.8 cm³/mol. The van der Waals surface area contributed by atoms with Crippen molar-refractivity contribution in [3.05, 3.63) is 40.1 Å². The Labute approximate surface area is 124 Å². The molecular formula is C13H14BrN5O. The van der Waals surface area contributed by atoms with Crippen molar-refractivity contribution in [2.75, 3.05) is 5.73 Å². The zero-order valence-corrected chi connectivity index (χ0v) is 12.3. The molecule has 6 nitrogen and oxygen atoms in total. The van der Waals surface area contributed by atoms with Crippen LogP contribution in [0.2, 0.25) is 0 Å². The monoisotopic (exact) mass is 335 g/mol. The Morgan fingerprint density at radius 3 is 2.80 bits per heavy atom. The zero-order chi connectivity index (χ0) is 14.1. The van der Waals surface area contributed by atoms with Gasteiger partial charge in [-0.15, -0.1) is 5.10 Å². The van der Waals surface area contributed by atoms with Crippen molar-refractivity contribution >= 4 is 27.8 Å². The molecule has 0 aliphatic heterocycles. The van der Waals surface area contributed by atoms with Crippen LogP contribution in [0.4, 0.5) is 5.95 Å². The van der Waals surface area contributed by atoms with Crippen molar-refractivity contribution in [2.45, 2.75) is 25.4 Å². The Morgan fingerprint density at radius 2 is 2.20 bits per heavy atom. The van der Waals surface area contributed by atoms with E-state index in [2.05, 4.69) is 31.1 Å². The molecule has 1 aromatic heterocycles. The van der Waals surface area contributed by atoms with Gasteiger partial charge in [-0.25, -0.2) is 0 Å². The number of nitrogens with one attached hydrogen (secondary N) is 1. The Morgan fingerprint density at radius 1 is 1.45 bits per heavy atom. The van der Waals surface area contributed by atoms with Crippen LogP contribution in [0.3, 0.4) is 0 Å². The minimum atomic E-state index is -0.160. The highest BCUT2D eigenvalue weighted by Gasteiger charge is 2.34. The van der Waals surface area contributed by atoms with Gasteiger partial charge in [-0.1, -0.05) is 34.1 Å². The van der Waals surface area contributed by atoms with Crippen LogP contribution >= 0.6 is 15.9 Å². The van der Waals surface area contributed by atoms with Crippen LogP contribution in [-0.4, -0.2) is 32.0 Å². The van der Waals surface area contributed by atoms with E-state index in [0.717, 1.165) is 22.9 Å². The van der Waals surface area contributed by atoms with Gasteiger partial charge in [0.15, 0.2) is 0 Å². The molecule has 1 fully saturated rings. The van der Waals surface area contributed by atoms with Crippen molar-refractivity contribution in [3.63, 3.8) is 0 Å². The first-order chi connectivity index (χ1) is 9.65. The fraction of sp³-hybridized carbons (Fsp3) is 0.308. The first-order valence-electron chi connectivity index (χ1n) is 6.37. The summed E-state index contributed by atoms with van der Waals surface area (Å²) in [7, 11) is 0. The highest BCUT2D eigenvalue weighted by Crippen LogP contribution is 2.30. The number of nitrogen functional groups attached to an aromatic ring is 1. The lowest BCUT2D eigenvalue weighted by atomic mass is 10.2. The molecule has 1 aromatic carbocycles. The summed E-state index contributed by atoms with van der Waals surface area (Å²) in [5, 5.41) is 6.29. The lowest BCUT2D eigenvalue weighted by Gasteiger charge is -2.21. The molecule has 1 saturated carbocycles. The number of anilines is 1. The standard InChI is InChI=1S/C13H14BrN5O/c14-10-4-2-1-3-8(10)7-19(9-5-6-9)12(20)11-16-13(15)18-17-11/h1-4,9H,5-7H2,(H3,15,16,17,18). The summed E-state index contributed by atoms with van der Waals surface area (Å²) in [5.41, 5.74) is 6.52. The summed E-state index contributed by atoms with van der Waals surface area (Å²) >= 11 is 3.51. The second-order valence-corrected chi connectivity index (χ2v) is 5.65. The number of aromatic nitrogens is 3. The van der Waals surface area contributed by atoms with Crippen LogP contribution in [0, 0.1) is 0 Å². The average molecular weight is 336 g/mol. The summed E-state index contributed by atoms with van der Waals surface area (Å²) in [6.07, 6.45) is 2.06. The van der Waals surface area contributed by atoms with Gasteiger partial charge in [0.25, 0.3) is 5.91 Å². The van der Waals surface area contributed by atoms with Crippen LogP contribution in [-0.2, 0) is 6.54 Å². The normalized spacial score (nSPS) is 14.2. The number of carbonyl (C=O) groups is 1. The van der Waals surface area contributed by atoms with E-state index < -0.39 is 0 Å². The smallest absolute Gasteiger partial charge is 0.291 e. The summed E-state index contributed by atoms with van der Waals surface area (Å²) in [4.78, 5) is 18.2. The maximum Gasteiger partial charge on any atom is 0.291 e. The van der Waals surface area contributed by atoms with Crippen LogP contribution in [0.25, 0.3) is 0 Å². The predicted octanol–water partition coefficient (Wildman–Crippen LogP) is 1.95. The minimum absolute atomic E-state index is 0.0880. The average Bonchev–Trinajstić information content (AvgIpc) is 3.18. The molecule has 3 rings (SSSR count). The molecule has 0 bridgehead atoms. The van der Waals surface area contributed by atoms with Gasteiger partial charge in [0.05, 0.1) is 0 Å². The number of hydrogen-bond acceptors (Lipinski definition) is 4. The molecule has 2 aromatic rings. The number of amides is 1. The highest BCUT2D eigenvalue weighted by atomic mass is 79.9. The van der Waals surface area contributed by atoms with E-state index in [4.69, 9.17) is 5.73 Å². The molecule has 1 aliphatic carbocycles. The topological polar surface area (TPSA) is 87.9 Å². The van der Waals surface area contributed by atoms with Gasteiger partial charge in [0.2, 0.25) is 11.8 Å². The minimum Gasteiger partial charge on any atom is -0.366 e. The summed E-state index contributed by atoms with van der Waals surface area (Å²) in [6, 6.07) is 8.16.